The minimum Gasteiger partial charge on any atom is -0.508 e. The highest BCUT2D eigenvalue weighted by molar-refractivity contribution is 6.06. The first-order valence-corrected chi connectivity index (χ1v) is 39.9. The number of para-hydroxylation sites is 4. The molecule has 4 aliphatic heterocycles. The fraction of sp³-hybridized carbons (Fsp3) is 0.200. The van der Waals surface area contributed by atoms with Gasteiger partial charge in [-0.3, -0.25) is 0 Å². The van der Waals surface area contributed by atoms with E-state index >= 15 is 0 Å². The number of aliphatic hydroxyl groups is 8. The molecule has 12 aromatic rings. The van der Waals surface area contributed by atoms with Gasteiger partial charge in [-0.15, -0.1) is 0 Å². The van der Waals surface area contributed by atoms with Crippen molar-refractivity contribution in [2.24, 2.45) is 0 Å². The Morgan fingerprint density at radius 3 is 0.612 bits per heavy atom. The lowest BCUT2D eigenvalue weighted by Gasteiger charge is -2.16. The van der Waals surface area contributed by atoms with E-state index in [4.69, 9.17) is 58.3 Å². The molecule has 14 N–H and O–H groups in total. The molecule has 0 bridgehead atoms. The van der Waals surface area contributed by atoms with E-state index in [0.717, 1.165) is 160 Å². The average Bonchev–Trinajstić information content (AvgIpc) is 1.71. The van der Waals surface area contributed by atoms with E-state index < -0.39 is 24.4 Å². The maximum Gasteiger partial charge on any atom is 0.139 e. The molecule has 4 atom stereocenters. The molecular weight excluding hydrogens is 1540 g/mol. The van der Waals surface area contributed by atoms with E-state index in [2.05, 4.69) is 52.0 Å². The van der Waals surface area contributed by atoms with E-state index in [9.17, 15) is 40.9 Å². The highest BCUT2D eigenvalue weighted by Crippen LogP contribution is 2.53. The van der Waals surface area contributed by atoms with Gasteiger partial charge in [0.15, 0.2) is 0 Å². The molecule has 12 aromatic carbocycles. The quantitative estimate of drug-likeness (QED) is 0.0267. The second-order valence-corrected chi connectivity index (χ2v) is 28.6. The van der Waals surface area contributed by atoms with Crippen molar-refractivity contribution in [3.8, 4) is 92.0 Å². The first-order valence-electron chi connectivity index (χ1n) is 39.9. The number of aliphatic hydroxyl groups excluding tert-OH is 8. The van der Waals surface area contributed by atoms with Crippen molar-refractivity contribution in [3.05, 3.63) is 334 Å². The van der Waals surface area contributed by atoms with Gasteiger partial charge in [0, 0.05) is 68.8 Å². The zero-order valence-electron chi connectivity index (χ0n) is 67.3. The molecule has 0 spiro atoms. The molecule has 0 aromatic heterocycles. The minimum atomic E-state index is -0.940. The average molecular weight is 1640 g/mol. The van der Waals surface area contributed by atoms with Crippen molar-refractivity contribution in [3.63, 3.8) is 0 Å². The molecule has 4 heterocycles. The predicted molar refractivity (Wildman–Crippen MR) is 467 cm³/mol. The van der Waals surface area contributed by atoms with Gasteiger partial charge >= 0.3 is 0 Å². The van der Waals surface area contributed by atoms with Crippen LogP contribution in [0.15, 0.2) is 267 Å². The maximum atomic E-state index is 9.75. The van der Waals surface area contributed by atoms with Crippen LogP contribution in [0.3, 0.4) is 0 Å². The van der Waals surface area contributed by atoms with Gasteiger partial charge in [0.05, 0.1) is 26.4 Å². The van der Waals surface area contributed by atoms with Crippen molar-refractivity contribution in [1.82, 2.24) is 0 Å². The van der Waals surface area contributed by atoms with Crippen molar-refractivity contribution in [1.29, 1.82) is 0 Å². The van der Waals surface area contributed by atoms with Gasteiger partial charge in [-0.1, -0.05) is 149 Å². The molecule has 121 heavy (non-hydrogen) atoms. The number of ether oxygens (including phenoxy) is 8. The Kier molecular flexibility index (Phi) is 29.5. The van der Waals surface area contributed by atoms with Gasteiger partial charge in [-0.2, -0.15) is 0 Å². The third-order valence-electron chi connectivity index (χ3n) is 20.5. The van der Waals surface area contributed by atoms with Crippen LogP contribution in [0.5, 0.6) is 92.0 Å². The molecule has 0 fully saturated rings. The summed E-state index contributed by atoms with van der Waals surface area (Å²) in [5.74, 6) is 8.67. The van der Waals surface area contributed by atoms with Gasteiger partial charge in [0.25, 0.3) is 0 Å². The first-order chi connectivity index (χ1) is 58.4. The molecular formula is C100H98O21. The molecule has 0 saturated carbocycles. The van der Waals surface area contributed by atoms with Crippen molar-refractivity contribution in [2.75, 3.05) is 52.9 Å². The third-order valence-corrected chi connectivity index (χ3v) is 20.5. The Labute approximate surface area is 701 Å². The molecule has 21 heteroatoms. The number of aromatic hydroxyl groups is 4. The summed E-state index contributed by atoms with van der Waals surface area (Å²) >= 11 is 0. The van der Waals surface area contributed by atoms with Crippen LogP contribution in [0.25, 0.3) is 44.6 Å². The fourth-order valence-corrected chi connectivity index (χ4v) is 14.7. The summed E-state index contributed by atoms with van der Waals surface area (Å²) in [6.45, 7) is 7.00. The van der Waals surface area contributed by atoms with Crippen LogP contribution in [-0.2, 0) is 0 Å². The Balaban J connectivity index is 0.000000147. The third kappa shape index (κ3) is 20.6. The summed E-state index contributed by atoms with van der Waals surface area (Å²) in [6.07, 6.45) is -0.551. The van der Waals surface area contributed by atoms with E-state index in [-0.39, 0.29) is 81.3 Å². The number of phenols is 4. The highest BCUT2D eigenvalue weighted by atomic mass is 16.5. The Bertz CT molecular complexity index is 4980. The second-order valence-electron chi connectivity index (χ2n) is 28.6. The predicted octanol–water partition coefficient (Wildman–Crippen LogP) is 17.6. The summed E-state index contributed by atoms with van der Waals surface area (Å²) in [7, 11) is 0. The molecule has 0 radical (unpaired) electrons. The number of hydrogen-bond donors (Lipinski definition) is 12. The Morgan fingerprint density at radius 2 is 0.430 bits per heavy atom. The van der Waals surface area contributed by atoms with Gasteiger partial charge in [-0.25, -0.2) is 0 Å². The highest BCUT2D eigenvalue weighted by Gasteiger charge is 2.30. The molecule has 16 rings (SSSR count). The summed E-state index contributed by atoms with van der Waals surface area (Å²) < 4.78 is 47.7. The molecule has 0 saturated heterocycles. The van der Waals surface area contributed by atoms with E-state index in [1.807, 2.05) is 170 Å². The van der Waals surface area contributed by atoms with Crippen molar-refractivity contribution >= 4 is 44.6 Å². The zero-order valence-corrected chi connectivity index (χ0v) is 67.3. The Hall–Kier alpha value is -13.2. The first kappa shape index (κ1) is 87.2. The van der Waals surface area contributed by atoms with Crippen LogP contribution < -0.4 is 37.9 Å². The Morgan fingerprint density at radius 1 is 0.240 bits per heavy atom. The van der Waals surface area contributed by atoms with Gasteiger partial charge in [-0.05, 0) is 214 Å². The van der Waals surface area contributed by atoms with Gasteiger partial charge in [0.2, 0.25) is 0 Å². The van der Waals surface area contributed by atoms with Crippen molar-refractivity contribution < 1.29 is 105 Å². The lowest BCUT2D eigenvalue weighted by atomic mass is 9.88. The van der Waals surface area contributed by atoms with Crippen LogP contribution in [0.1, 0.15) is 120 Å². The smallest absolute Gasteiger partial charge is 0.139 e. The van der Waals surface area contributed by atoms with Gasteiger partial charge in [0.1, 0.15) is 143 Å². The summed E-state index contributed by atoms with van der Waals surface area (Å²) in [4.78, 5) is 0. The zero-order chi connectivity index (χ0) is 84.3. The van der Waals surface area contributed by atoms with Crippen LogP contribution in [0.2, 0.25) is 0 Å². The summed E-state index contributed by atoms with van der Waals surface area (Å²) in [5, 5.41) is 113. The lowest BCUT2D eigenvalue weighted by Crippen LogP contribution is -2.21. The van der Waals surface area contributed by atoms with E-state index in [0.29, 0.717) is 46.0 Å². The van der Waals surface area contributed by atoms with Crippen LogP contribution in [0.4, 0.5) is 0 Å². The number of fused-ring (bicyclic) bond motifs is 8. The van der Waals surface area contributed by atoms with Gasteiger partial charge < -0.3 is 105 Å². The molecule has 4 unspecified atom stereocenters. The summed E-state index contributed by atoms with van der Waals surface area (Å²) in [6, 6.07) is 82.7. The van der Waals surface area contributed by atoms with Crippen LogP contribution in [-0.4, -0.2) is 144 Å². The van der Waals surface area contributed by atoms with E-state index in [1.165, 1.54) is 0 Å². The number of hydrogen-bond acceptors (Lipinski definition) is 20. The number of phenolic OH excluding ortho intramolecular Hbond substituents is 4. The normalized spacial score (nSPS) is 13.6. The van der Waals surface area contributed by atoms with Crippen molar-refractivity contribution in [2.45, 2.75) is 77.8 Å². The fourth-order valence-electron chi connectivity index (χ4n) is 14.7. The molecule has 624 valence electrons. The SMILES string of the molecule is CCC1=C(c2ccc(O)cc2)c2ccc(OCC(O)CO)cc2Oc2ccccc21.CCC1=C(c2ccc(O)cc2)c2ccc(OCC(O)CO)cc2Oc2ccccc21.CCC1=C(c2ccc(O)cc2)c2ccc(OCC(O)CO)cc2Oc2ccccc21.CCC1=C(c2ccc(O)cc2)c2ccc(OCC(O)CO)cc2Oc2ccccc21.O. The molecule has 4 aliphatic rings. The largest absolute Gasteiger partial charge is 0.508 e. The van der Waals surface area contributed by atoms with Crippen LogP contribution >= 0.6 is 0 Å². The topological polar surface area (TPSA) is 348 Å². The number of benzene rings is 12. The lowest BCUT2D eigenvalue weighted by molar-refractivity contribution is 0.0535. The molecule has 21 nitrogen and oxygen atoms in total. The monoisotopic (exact) mass is 1630 g/mol. The molecule has 0 aliphatic carbocycles. The maximum absolute atomic E-state index is 9.75. The minimum absolute atomic E-state index is 0. The molecule has 0 amide bonds. The van der Waals surface area contributed by atoms with E-state index in [1.54, 1.807) is 72.8 Å². The number of allylic oxidation sites excluding steroid dienone is 4. The van der Waals surface area contributed by atoms with Crippen LogP contribution in [0, 0.1) is 0 Å². The number of rotatable bonds is 24. The standard InChI is InChI=1S/4C25H24O5.H2O/c4*1-2-20-21-5-3-4-6-23(21)30-24-13-19(29-15-18(28)14-26)11-12-22(24)25(20)16-7-9-17(27)10-8-16;/h4*3-13,18,26-28H,2,14-15H2,1H3;1H2. The summed E-state index contributed by atoms with van der Waals surface area (Å²) in [5.41, 5.74) is 20.5. The second kappa shape index (κ2) is 41.0.